The molecule has 0 saturated heterocycles. The monoisotopic (exact) mass is 456 g/mol. The first-order valence-electron chi connectivity index (χ1n) is 9.10. The van der Waals surface area contributed by atoms with Crippen molar-refractivity contribution in [1.82, 2.24) is 9.97 Å². The molecule has 2 amide bonds. The lowest BCUT2D eigenvalue weighted by atomic mass is 10.1. The molecule has 32 heavy (non-hydrogen) atoms. The Morgan fingerprint density at radius 2 is 1.06 bits per heavy atom. The number of nitrogens with one attached hydrogen (secondary N) is 2. The number of carbonyl (C=O) groups excluding carboxylic acids is 2. The summed E-state index contributed by atoms with van der Waals surface area (Å²) in [6, 6.07) is 16.6. The number of rotatable bonds is 5. The highest BCUT2D eigenvalue weighted by atomic mass is 32.1. The summed E-state index contributed by atoms with van der Waals surface area (Å²) in [7, 11) is 0. The second-order valence-electron chi connectivity index (χ2n) is 6.36. The molecule has 154 valence electrons. The third kappa shape index (κ3) is 4.68. The highest BCUT2D eigenvalue weighted by Crippen LogP contribution is 2.28. The topological polar surface area (TPSA) is 132 Å². The number of hydrogen-bond donors (Lipinski definition) is 2. The van der Waals surface area contributed by atoms with Crippen molar-refractivity contribution in [3.05, 3.63) is 81.5 Å². The van der Waals surface area contributed by atoms with E-state index >= 15 is 0 Å². The fourth-order valence-corrected chi connectivity index (χ4v) is 4.03. The zero-order valence-electron chi connectivity index (χ0n) is 16.2. The molecule has 0 aliphatic heterocycles. The van der Waals surface area contributed by atoms with Crippen LogP contribution in [0.3, 0.4) is 0 Å². The minimum Gasteiger partial charge on any atom is -0.298 e. The Morgan fingerprint density at radius 1 is 0.688 bits per heavy atom. The maximum absolute atomic E-state index is 12.4. The van der Waals surface area contributed by atoms with Gasteiger partial charge in [0, 0.05) is 21.9 Å². The van der Waals surface area contributed by atoms with Crippen LogP contribution >= 0.6 is 22.7 Å². The van der Waals surface area contributed by atoms with Crippen LogP contribution in [-0.4, -0.2) is 21.8 Å². The van der Waals surface area contributed by atoms with Crippen LogP contribution in [0.2, 0.25) is 0 Å². The van der Waals surface area contributed by atoms with Crippen molar-refractivity contribution in [1.29, 1.82) is 10.5 Å². The van der Waals surface area contributed by atoms with Crippen molar-refractivity contribution in [3.63, 3.8) is 0 Å². The second-order valence-corrected chi connectivity index (χ2v) is 8.08. The third-order valence-corrected chi connectivity index (χ3v) is 5.78. The lowest BCUT2D eigenvalue weighted by molar-refractivity contribution is 0.101. The van der Waals surface area contributed by atoms with Gasteiger partial charge in [-0.25, -0.2) is 9.97 Å². The van der Waals surface area contributed by atoms with Gasteiger partial charge in [0.1, 0.15) is 11.4 Å². The van der Waals surface area contributed by atoms with E-state index < -0.39 is 0 Å². The molecular weight excluding hydrogens is 444 g/mol. The van der Waals surface area contributed by atoms with Crippen molar-refractivity contribution in [2.45, 2.75) is 0 Å². The Hall–Kier alpha value is -4.38. The molecule has 2 aromatic heterocycles. The van der Waals surface area contributed by atoms with E-state index in [0.717, 1.165) is 0 Å². The Balaban J connectivity index is 1.41. The largest absolute Gasteiger partial charge is 0.298 e. The van der Waals surface area contributed by atoms with Crippen LogP contribution in [-0.2, 0) is 0 Å². The molecule has 2 heterocycles. The van der Waals surface area contributed by atoms with Crippen LogP contribution in [0.5, 0.6) is 0 Å². The quantitative estimate of drug-likeness (QED) is 0.454. The van der Waals surface area contributed by atoms with Crippen LogP contribution < -0.4 is 10.6 Å². The molecule has 0 atom stereocenters. The lowest BCUT2D eigenvalue weighted by Gasteiger charge is -2.01. The van der Waals surface area contributed by atoms with E-state index in [-0.39, 0.29) is 11.8 Å². The van der Waals surface area contributed by atoms with Gasteiger partial charge in [0.25, 0.3) is 11.8 Å². The Kier molecular flexibility index (Phi) is 5.99. The number of nitriles is 2. The van der Waals surface area contributed by atoms with Crippen molar-refractivity contribution < 1.29 is 9.59 Å². The molecule has 4 aromatic rings. The van der Waals surface area contributed by atoms with E-state index in [1.165, 1.54) is 22.7 Å². The average Bonchev–Trinajstić information content (AvgIpc) is 3.48. The number of carbonyl (C=O) groups is 2. The molecule has 10 heteroatoms. The Bertz CT molecular complexity index is 1270. The van der Waals surface area contributed by atoms with Crippen LogP contribution in [0.25, 0.3) is 11.4 Å². The lowest BCUT2D eigenvalue weighted by Crippen LogP contribution is -2.11. The smallest absolute Gasteiger partial charge is 0.257 e. The fourth-order valence-electron chi connectivity index (χ4n) is 2.63. The number of thiazole rings is 2. The molecule has 2 N–H and O–H groups in total. The number of benzene rings is 2. The molecule has 2 aromatic carbocycles. The predicted octanol–water partition coefficient (Wildman–Crippen LogP) is 4.51. The average molecular weight is 457 g/mol. The van der Waals surface area contributed by atoms with Gasteiger partial charge in [-0.05, 0) is 48.5 Å². The summed E-state index contributed by atoms with van der Waals surface area (Å²) in [6.07, 6.45) is 0. The van der Waals surface area contributed by atoms with E-state index in [0.29, 0.717) is 43.9 Å². The summed E-state index contributed by atoms with van der Waals surface area (Å²) >= 11 is 2.51. The molecule has 0 spiro atoms. The number of aromatic nitrogens is 2. The highest BCUT2D eigenvalue weighted by Gasteiger charge is 2.14. The number of amides is 2. The van der Waals surface area contributed by atoms with Gasteiger partial charge in [0.2, 0.25) is 0 Å². The fraction of sp³-hybridized carbons (Fsp3) is 0. The number of anilines is 2. The summed E-state index contributed by atoms with van der Waals surface area (Å²) in [6.45, 7) is 0. The Labute approximate surface area is 190 Å². The Morgan fingerprint density at radius 3 is 1.41 bits per heavy atom. The van der Waals surface area contributed by atoms with Gasteiger partial charge in [0.15, 0.2) is 10.3 Å². The van der Waals surface area contributed by atoms with Crippen molar-refractivity contribution in [2.75, 3.05) is 10.6 Å². The van der Waals surface area contributed by atoms with Crippen molar-refractivity contribution >= 4 is 44.8 Å². The van der Waals surface area contributed by atoms with E-state index in [2.05, 4.69) is 20.6 Å². The summed E-state index contributed by atoms with van der Waals surface area (Å²) in [5.41, 5.74) is 2.93. The molecule has 0 aliphatic carbocycles. The molecule has 0 aliphatic rings. The van der Waals surface area contributed by atoms with E-state index in [1.54, 1.807) is 59.3 Å². The zero-order chi connectivity index (χ0) is 22.5. The first-order chi connectivity index (χ1) is 15.6. The molecular formula is C22H12N6O2S2. The van der Waals surface area contributed by atoms with Gasteiger partial charge in [-0.15, -0.1) is 22.7 Å². The van der Waals surface area contributed by atoms with Crippen molar-refractivity contribution in [3.8, 4) is 23.5 Å². The molecule has 4 rings (SSSR count). The summed E-state index contributed by atoms with van der Waals surface area (Å²) in [5, 5.41) is 27.5. The minimum atomic E-state index is -0.330. The standard InChI is InChI=1S/C22H12N6O2S2/c23-9-13-1-5-15(6-2-13)19(29)27-21-25-17(11-31-21)18-12-32-22(26-18)28-20(30)16-7-3-14(10-24)4-8-16/h1-8,11-12H,(H,25,27,29)(H,26,28,30). The maximum atomic E-state index is 12.4. The van der Waals surface area contributed by atoms with Gasteiger partial charge in [0.05, 0.1) is 23.3 Å². The van der Waals surface area contributed by atoms with Gasteiger partial charge >= 0.3 is 0 Å². The van der Waals surface area contributed by atoms with Crippen LogP contribution in [0.15, 0.2) is 59.3 Å². The van der Waals surface area contributed by atoms with Crippen molar-refractivity contribution in [2.24, 2.45) is 0 Å². The van der Waals surface area contributed by atoms with Gasteiger partial charge < -0.3 is 0 Å². The van der Waals surface area contributed by atoms with Crippen LogP contribution in [0.1, 0.15) is 31.8 Å². The van der Waals surface area contributed by atoms with Gasteiger partial charge in [-0.1, -0.05) is 0 Å². The molecule has 8 nitrogen and oxygen atoms in total. The molecule has 0 bridgehead atoms. The molecule has 0 saturated carbocycles. The van der Waals surface area contributed by atoms with E-state index in [1.807, 2.05) is 12.1 Å². The first-order valence-corrected chi connectivity index (χ1v) is 10.9. The zero-order valence-corrected chi connectivity index (χ0v) is 17.8. The molecule has 0 unspecified atom stereocenters. The normalized spacial score (nSPS) is 10.1. The second kappa shape index (κ2) is 9.18. The van der Waals surface area contributed by atoms with Gasteiger partial charge in [-0.3, -0.25) is 20.2 Å². The number of nitrogens with zero attached hydrogens (tertiary/aromatic N) is 4. The third-order valence-electron chi connectivity index (χ3n) is 4.26. The van der Waals surface area contributed by atoms with E-state index in [4.69, 9.17) is 10.5 Å². The highest BCUT2D eigenvalue weighted by molar-refractivity contribution is 7.15. The maximum Gasteiger partial charge on any atom is 0.257 e. The molecule has 0 radical (unpaired) electrons. The van der Waals surface area contributed by atoms with E-state index in [9.17, 15) is 9.59 Å². The van der Waals surface area contributed by atoms with Crippen LogP contribution in [0, 0.1) is 22.7 Å². The summed E-state index contributed by atoms with van der Waals surface area (Å²) in [4.78, 5) is 33.5. The first kappa shape index (κ1) is 20.9. The molecule has 0 fully saturated rings. The SMILES string of the molecule is N#Cc1ccc(C(=O)Nc2nc(-c3csc(NC(=O)c4ccc(C#N)cc4)n3)cs2)cc1. The number of hydrogen-bond acceptors (Lipinski definition) is 8. The predicted molar refractivity (Wildman–Crippen MR) is 121 cm³/mol. The summed E-state index contributed by atoms with van der Waals surface area (Å²) in [5.74, 6) is -0.659. The summed E-state index contributed by atoms with van der Waals surface area (Å²) < 4.78 is 0. The van der Waals surface area contributed by atoms with Gasteiger partial charge in [-0.2, -0.15) is 10.5 Å². The minimum absolute atomic E-state index is 0.330. The van der Waals surface area contributed by atoms with Crippen LogP contribution in [0.4, 0.5) is 10.3 Å².